The van der Waals surface area contributed by atoms with Crippen LogP contribution in [-0.2, 0) is 22.7 Å². The summed E-state index contributed by atoms with van der Waals surface area (Å²) < 4.78 is 66.1. The van der Waals surface area contributed by atoms with E-state index in [9.17, 15) is 21.6 Å². The minimum atomic E-state index is -4.60. The van der Waals surface area contributed by atoms with E-state index in [1.165, 1.54) is 10.4 Å². The minimum absolute atomic E-state index is 0.135. The Kier molecular flexibility index (Phi) is 4.51. The molecule has 4 nitrogen and oxygen atoms in total. The van der Waals surface area contributed by atoms with Crippen molar-refractivity contribution >= 4 is 15.7 Å². The fourth-order valence-corrected chi connectivity index (χ4v) is 4.42. The van der Waals surface area contributed by atoms with E-state index >= 15 is 0 Å². The topological polar surface area (TPSA) is 49.4 Å². The third-order valence-electron chi connectivity index (χ3n) is 4.09. The van der Waals surface area contributed by atoms with Gasteiger partial charge in [0.05, 0.1) is 16.1 Å². The number of para-hydroxylation sites is 1. The summed E-state index contributed by atoms with van der Waals surface area (Å²) in [7, 11) is -4.12. The lowest BCUT2D eigenvalue weighted by atomic mass is 10.2. The third-order valence-corrected chi connectivity index (χ3v) is 5.87. The van der Waals surface area contributed by atoms with Crippen LogP contribution in [0.15, 0.2) is 53.4 Å². The number of anilines is 1. The molecule has 1 N–H and O–H groups in total. The van der Waals surface area contributed by atoms with Crippen LogP contribution in [-0.4, -0.2) is 21.0 Å². The molecule has 0 amide bonds. The average molecular weight is 370 g/mol. The van der Waals surface area contributed by atoms with Gasteiger partial charge in [-0.05, 0) is 36.8 Å². The second kappa shape index (κ2) is 6.34. The van der Waals surface area contributed by atoms with E-state index in [1.54, 1.807) is 24.3 Å². The minimum Gasteiger partial charge on any atom is -0.308 e. The third kappa shape index (κ3) is 3.50. The van der Waals surface area contributed by atoms with Gasteiger partial charge < -0.3 is 5.32 Å². The number of alkyl halides is 3. The largest absolute Gasteiger partial charge is 0.416 e. The molecule has 1 aliphatic rings. The van der Waals surface area contributed by atoms with E-state index in [4.69, 9.17) is 0 Å². The van der Waals surface area contributed by atoms with Gasteiger partial charge in [0, 0.05) is 19.1 Å². The summed E-state index contributed by atoms with van der Waals surface area (Å²) in [6.45, 7) is 2.46. The molecule has 0 saturated carbocycles. The first kappa shape index (κ1) is 17.8. The molecule has 3 rings (SSSR count). The van der Waals surface area contributed by atoms with Crippen molar-refractivity contribution in [2.45, 2.75) is 30.6 Å². The summed E-state index contributed by atoms with van der Waals surface area (Å²) in [6, 6.07) is 10.7. The van der Waals surface area contributed by atoms with Crippen molar-refractivity contribution in [3.63, 3.8) is 0 Å². The van der Waals surface area contributed by atoms with E-state index in [2.05, 4.69) is 5.32 Å². The van der Waals surface area contributed by atoms with Gasteiger partial charge in [0.15, 0.2) is 0 Å². The zero-order valence-electron chi connectivity index (χ0n) is 13.4. The van der Waals surface area contributed by atoms with Crippen molar-refractivity contribution in [2.75, 3.05) is 10.8 Å². The fraction of sp³-hybridized carbons (Fsp3) is 0.294. The maximum Gasteiger partial charge on any atom is 0.416 e. The summed E-state index contributed by atoms with van der Waals surface area (Å²) in [5.74, 6) is 0. The Morgan fingerprint density at radius 1 is 1.12 bits per heavy atom. The lowest BCUT2D eigenvalue weighted by Gasteiger charge is -2.26. The van der Waals surface area contributed by atoms with Crippen molar-refractivity contribution in [1.82, 2.24) is 5.32 Å². The Morgan fingerprint density at radius 2 is 1.84 bits per heavy atom. The van der Waals surface area contributed by atoms with Gasteiger partial charge in [0.2, 0.25) is 0 Å². The molecule has 134 valence electrons. The molecule has 1 aliphatic heterocycles. The monoisotopic (exact) mass is 370 g/mol. The maximum absolute atomic E-state index is 13.1. The van der Waals surface area contributed by atoms with Crippen LogP contribution in [0.1, 0.15) is 18.1 Å². The highest BCUT2D eigenvalue weighted by molar-refractivity contribution is 7.92. The molecule has 0 spiro atoms. The fourth-order valence-electron chi connectivity index (χ4n) is 2.79. The van der Waals surface area contributed by atoms with Gasteiger partial charge in [0.25, 0.3) is 10.0 Å². The Hall–Kier alpha value is -2.06. The average Bonchev–Trinajstić information content (AvgIpc) is 2.74. The van der Waals surface area contributed by atoms with Gasteiger partial charge in [-0.1, -0.05) is 24.3 Å². The molecule has 1 unspecified atom stereocenters. The van der Waals surface area contributed by atoms with E-state index in [0.717, 1.165) is 17.7 Å². The Bertz CT molecular complexity index is 881. The number of benzene rings is 2. The van der Waals surface area contributed by atoms with Gasteiger partial charge in [-0.3, -0.25) is 4.31 Å². The molecule has 0 fully saturated rings. The first-order valence-electron chi connectivity index (χ1n) is 7.71. The highest BCUT2D eigenvalue weighted by atomic mass is 32.2. The Morgan fingerprint density at radius 3 is 2.56 bits per heavy atom. The van der Waals surface area contributed by atoms with Crippen LogP contribution in [0.3, 0.4) is 0 Å². The molecular formula is C17H17F3N2O2S. The molecule has 1 heterocycles. The van der Waals surface area contributed by atoms with E-state index in [1.807, 2.05) is 6.92 Å². The Balaban J connectivity index is 2.11. The molecule has 1 atom stereocenters. The lowest BCUT2D eigenvalue weighted by molar-refractivity contribution is -0.137. The van der Waals surface area contributed by atoms with Crippen LogP contribution in [0, 0.1) is 0 Å². The van der Waals surface area contributed by atoms with Crippen molar-refractivity contribution in [3.05, 3.63) is 59.7 Å². The normalized spacial score (nSPS) is 18.6. The number of rotatable bonds is 2. The van der Waals surface area contributed by atoms with E-state index in [-0.39, 0.29) is 17.5 Å². The van der Waals surface area contributed by atoms with Gasteiger partial charge in [-0.15, -0.1) is 0 Å². The van der Waals surface area contributed by atoms with Crippen LogP contribution < -0.4 is 9.62 Å². The predicted octanol–water partition coefficient (Wildman–Crippen LogP) is 3.39. The standard InChI is InChI=1S/C17H17F3N2O2S/c1-12-11-22(16-8-3-2-5-13(16)10-21-12)25(23,24)15-7-4-6-14(9-15)17(18,19)20/h2-9,12,21H,10-11H2,1H3. The number of hydrogen-bond donors (Lipinski definition) is 1. The number of sulfonamides is 1. The number of nitrogens with one attached hydrogen (secondary N) is 1. The van der Waals surface area contributed by atoms with Crippen LogP contribution in [0.25, 0.3) is 0 Å². The van der Waals surface area contributed by atoms with Crippen LogP contribution in [0.4, 0.5) is 18.9 Å². The smallest absolute Gasteiger partial charge is 0.308 e. The number of nitrogens with zero attached hydrogens (tertiary/aromatic N) is 1. The number of halogens is 3. The molecule has 0 aromatic heterocycles. The van der Waals surface area contributed by atoms with Gasteiger partial charge in [-0.2, -0.15) is 13.2 Å². The highest BCUT2D eigenvalue weighted by Crippen LogP contribution is 2.33. The summed E-state index contributed by atoms with van der Waals surface area (Å²) in [5, 5.41) is 3.20. The second-order valence-electron chi connectivity index (χ2n) is 5.97. The molecule has 0 aliphatic carbocycles. The molecule has 25 heavy (non-hydrogen) atoms. The highest BCUT2D eigenvalue weighted by Gasteiger charge is 2.34. The van der Waals surface area contributed by atoms with Gasteiger partial charge >= 0.3 is 6.18 Å². The van der Waals surface area contributed by atoms with Crippen molar-refractivity contribution in [2.24, 2.45) is 0 Å². The predicted molar refractivity (Wildman–Crippen MR) is 88.7 cm³/mol. The molecular weight excluding hydrogens is 353 g/mol. The van der Waals surface area contributed by atoms with Gasteiger partial charge in [-0.25, -0.2) is 8.42 Å². The first-order valence-corrected chi connectivity index (χ1v) is 9.15. The van der Waals surface area contributed by atoms with Crippen LogP contribution >= 0.6 is 0 Å². The van der Waals surface area contributed by atoms with Crippen molar-refractivity contribution in [3.8, 4) is 0 Å². The molecule has 2 aromatic rings. The van der Waals surface area contributed by atoms with E-state index in [0.29, 0.717) is 18.3 Å². The molecule has 0 bridgehead atoms. The zero-order valence-corrected chi connectivity index (χ0v) is 14.2. The molecule has 8 heteroatoms. The number of fused-ring (bicyclic) bond motifs is 1. The van der Waals surface area contributed by atoms with Crippen LogP contribution in [0.2, 0.25) is 0 Å². The zero-order chi connectivity index (χ0) is 18.2. The van der Waals surface area contributed by atoms with Crippen LogP contribution in [0.5, 0.6) is 0 Å². The molecule has 0 radical (unpaired) electrons. The van der Waals surface area contributed by atoms with E-state index < -0.39 is 21.8 Å². The number of hydrogen-bond acceptors (Lipinski definition) is 3. The molecule has 0 saturated heterocycles. The summed E-state index contributed by atoms with van der Waals surface area (Å²) in [6.07, 6.45) is -4.60. The second-order valence-corrected chi connectivity index (χ2v) is 7.83. The lowest BCUT2D eigenvalue weighted by Crippen LogP contribution is -2.39. The Labute approximate surface area is 144 Å². The summed E-state index contributed by atoms with van der Waals surface area (Å²) in [5.41, 5.74) is 0.280. The SMILES string of the molecule is CC1CN(S(=O)(=O)c2cccc(C(F)(F)F)c2)c2ccccc2CN1. The maximum atomic E-state index is 13.1. The van der Waals surface area contributed by atoms with Gasteiger partial charge in [0.1, 0.15) is 0 Å². The quantitative estimate of drug-likeness (QED) is 0.882. The summed E-state index contributed by atoms with van der Waals surface area (Å²) >= 11 is 0. The van der Waals surface area contributed by atoms with Crippen molar-refractivity contribution < 1.29 is 21.6 Å². The summed E-state index contributed by atoms with van der Waals surface area (Å²) in [4.78, 5) is -0.369. The first-order chi connectivity index (χ1) is 11.7. The van der Waals surface area contributed by atoms with Crippen molar-refractivity contribution in [1.29, 1.82) is 0 Å². The molecule has 2 aromatic carbocycles.